The summed E-state index contributed by atoms with van der Waals surface area (Å²) in [4.78, 5) is 4.83. The van der Waals surface area contributed by atoms with Gasteiger partial charge in [-0.15, -0.1) is 0 Å². The van der Waals surface area contributed by atoms with Crippen LogP contribution in [0.2, 0.25) is 0 Å². The van der Waals surface area contributed by atoms with Crippen molar-refractivity contribution in [2.75, 3.05) is 45.2 Å². The van der Waals surface area contributed by atoms with Crippen molar-refractivity contribution in [2.45, 2.75) is 0 Å². The van der Waals surface area contributed by atoms with Crippen LogP contribution in [0.3, 0.4) is 0 Å². The smallest absolute Gasteiger partial charge is 0.0679 e. The highest BCUT2D eigenvalue weighted by Crippen LogP contribution is 2.06. The first-order valence-corrected chi connectivity index (χ1v) is 5.54. The summed E-state index contributed by atoms with van der Waals surface area (Å²) < 4.78 is 0. The number of hydrogen-bond acceptors (Lipinski definition) is 3. The summed E-state index contributed by atoms with van der Waals surface area (Å²) in [7, 11) is 2.18. The number of para-hydroxylation sites is 1. The molecule has 0 amide bonds. The molecular weight excluding hydrogens is 186 g/mol. The number of nitrogens with zero attached hydrogens (tertiary/aromatic N) is 2. The van der Waals surface area contributed by atoms with Gasteiger partial charge in [0.15, 0.2) is 0 Å². The summed E-state index contributed by atoms with van der Waals surface area (Å²) >= 11 is 0. The Morgan fingerprint density at radius 1 is 1.07 bits per heavy atom. The van der Waals surface area contributed by atoms with Crippen LogP contribution in [-0.2, 0) is 0 Å². The minimum atomic E-state index is 0.956. The highest BCUT2D eigenvalue weighted by atomic mass is 15.3. The van der Waals surface area contributed by atoms with E-state index in [2.05, 4.69) is 46.4 Å². The average molecular weight is 205 g/mol. The van der Waals surface area contributed by atoms with Gasteiger partial charge in [-0.2, -0.15) is 0 Å². The monoisotopic (exact) mass is 205 g/mol. The molecule has 15 heavy (non-hydrogen) atoms. The lowest BCUT2D eigenvalue weighted by molar-refractivity contribution is 0.162. The van der Waals surface area contributed by atoms with E-state index in [9.17, 15) is 0 Å². The number of rotatable bonds is 3. The zero-order chi connectivity index (χ0) is 10.5. The molecule has 2 rings (SSSR count). The third-order valence-corrected chi connectivity index (χ3v) is 2.88. The largest absolute Gasteiger partial charge is 0.372 e. The third kappa shape index (κ3) is 3.22. The maximum atomic E-state index is 3.44. The molecule has 0 saturated carbocycles. The number of nitrogens with one attached hydrogen (secondary N) is 1. The maximum absolute atomic E-state index is 3.44. The van der Waals surface area contributed by atoms with Crippen molar-refractivity contribution in [1.29, 1.82) is 0 Å². The SMILES string of the molecule is CN1CCN(CNc2ccccc2)CC1. The van der Waals surface area contributed by atoms with Crippen molar-refractivity contribution in [3.05, 3.63) is 30.3 Å². The van der Waals surface area contributed by atoms with Gasteiger partial charge in [0.25, 0.3) is 0 Å². The molecule has 0 radical (unpaired) electrons. The van der Waals surface area contributed by atoms with E-state index >= 15 is 0 Å². The fraction of sp³-hybridized carbons (Fsp3) is 0.500. The van der Waals surface area contributed by atoms with Crippen molar-refractivity contribution < 1.29 is 0 Å². The third-order valence-electron chi connectivity index (χ3n) is 2.88. The molecule has 1 aromatic carbocycles. The molecule has 1 heterocycles. The van der Waals surface area contributed by atoms with Gasteiger partial charge < -0.3 is 10.2 Å². The molecule has 1 N–H and O–H groups in total. The standard InChI is InChI=1S/C12H19N3/c1-14-7-9-15(10-8-14)11-13-12-5-3-2-4-6-12/h2-6,13H,7-11H2,1H3. The van der Waals surface area contributed by atoms with E-state index in [0.29, 0.717) is 0 Å². The first-order chi connectivity index (χ1) is 7.34. The Morgan fingerprint density at radius 2 is 1.73 bits per heavy atom. The zero-order valence-corrected chi connectivity index (χ0v) is 9.32. The lowest BCUT2D eigenvalue weighted by Gasteiger charge is -2.32. The molecule has 0 spiro atoms. The second-order valence-corrected chi connectivity index (χ2v) is 4.12. The molecule has 3 nitrogen and oxygen atoms in total. The molecule has 0 unspecified atom stereocenters. The summed E-state index contributed by atoms with van der Waals surface area (Å²) in [5.74, 6) is 0. The summed E-state index contributed by atoms with van der Waals surface area (Å²) in [6.45, 7) is 5.64. The second kappa shape index (κ2) is 5.14. The predicted octanol–water partition coefficient (Wildman–Crippen LogP) is 1.30. The Morgan fingerprint density at radius 3 is 2.40 bits per heavy atom. The fourth-order valence-corrected chi connectivity index (χ4v) is 1.77. The Balaban J connectivity index is 1.74. The molecular formula is C12H19N3. The van der Waals surface area contributed by atoms with Gasteiger partial charge >= 0.3 is 0 Å². The van der Waals surface area contributed by atoms with Crippen LogP contribution >= 0.6 is 0 Å². The van der Waals surface area contributed by atoms with Gasteiger partial charge in [0.1, 0.15) is 0 Å². The van der Waals surface area contributed by atoms with E-state index in [1.54, 1.807) is 0 Å². The van der Waals surface area contributed by atoms with Gasteiger partial charge in [0.05, 0.1) is 6.67 Å². The molecule has 1 aliphatic rings. The van der Waals surface area contributed by atoms with Gasteiger partial charge in [0, 0.05) is 31.9 Å². The van der Waals surface area contributed by atoms with Gasteiger partial charge in [-0.25, -0.2) is 0 Å². The van der Waals surface area contributed by atoms with Crippen LogP contribution in [0.1, 0.15) is 0 Å². The van der Waals surface area contributed by atoms with Crippen LogP contribution in [-0.4, -0.2) is 49.7 Å². The average Bonchev–Trinajstić information content (AvgIpc) is 2.30. The number of likely N-dealkylation sites (N-methyl/N-ethyl adjacent to an activating group) is 1. The zero-order valence-electron chi connectivity index (χ0n) is 9.32. The van der Waals surface area contributed by atoms with Gasteiger partial charge in [0.2, 0.25) is 0 Å². The minimum absolute atomic E-state index is 0.956. The van der Waals surface area contributed by atoms with Crippen LogP contribution < -0.4 is 5.32 Å². The quantitative estimate of drug-likeness (QED) is 0.802. The number of anilines is 1. The van der Waals surface area contributed by atoms with Gasteiger partial charge in [-0.05, 0) is 19.2 Å². The van der Waals surface area contributed by atoms with Gasteiger partial charge in [-0.3, -0.25) is 4.90 Å². The highest BCUT2D eigenvalue weighted by molar-refractivity contribution is 5.42. The summed E-state index contributed by atoms with van der Waals surface area (Å²) in [5.41, 5.74) is 1.21. The molecule has 1 aromatic rings. The van der Waals surface area contributed by atoms with Crippen LogP contribution in [0.25, 0.3) is 0 Å². The first kappa shape index (κ1) is 10.5. The number of benzene rings is 1. The van der Waals surface area contributed by atoms with E-state index in [1.165, 1.54) is 18.8 Å². The number of piperazine rings is 1. The topological polar surface area (TPSA) is 18.5 Å². The molecule has 3 heteroatoms. The lowest BCUT2D eigenvalue weighted by atomic mass is 10.3. The Hall–Kier alpha value is -1.06. The van der Waals surface area contributed by atoms with E-state index in [4.69, 9.17) is 0 Å². The van der Waals surface area contributed by atoms with Gasteiger partial charge in [-0.1, -0.05) is 18.2 Å². The second-order valence-electron chi connectivity index (χ2n) is 4.12. The molecule has 1 saturated heterocycles. The molecule has 82 valence electrons. The van der Waals surface area contributed by atoms with E-state index in [-0.39, 0.29) is 0 Å². The Bertz CT molecular complexity index is 278. The highest BCUT2D eigenvalue weighted by Gasteiger charge is 2.12. The Kier molecular flexibility index (Phi) is 3.59. The van der Waals surface area contributed by atoms with Crippen LogP contribution in [0, 0.1) is 0 Å². The summed E-state index contributed by atoms with van der Waals surface area (Å²) in [6, 6.07) is 10.4. The van der Waals surface area contributed by atoms with E-state index in [0.717, 1.165) is 19.8 Å². The van der Waals surface area contributed by atoms with Crippen molar-refractivity contribution >= 4 is 5.69 Å². The summed E-state index contributed by atoms with van der Waals surface area (Å²) in [6.07, 6.45) is 0. The lowest BCUT2D eigenvalue weighted by Crippen LogP contribution is -2.46. The van der Waals surface area contributed by atoms with Crippen molar-refractivity contribution in [2.24, 2.45) is 0 Å². The molecule has 0 aliphatic carbocycles. The van der Waals surface area contributed by atoms with E-state index in [1.807, 2.05) is 6.07 Å². The minimum Gasteiger partial charge on any atom is -0.372 e. The van der Waals surface area contributed by atoms with Crippen molar-refractivity contribution in [3.8, 4) is 0 Å². The number of hydrogen-bond donors (Lipinski definition) is 1. The predicted molar refractivity (Wildman–Crippen MR) is 64.0 cm³/mol. The normalized spacial score (nSPS) is 19.0. The molecule has 0 aromatic heterocycles. The maximum Gasteiger partial charge on any atom is 0.0679 e. The van der Waals surface area contributed by atoms with Crippen LogP contribution in [0.5, 0.6) is 0 Å². The molecule has 1 fully saturated rings. The fourth-order valence-electron chi connectivity index (χ4n) is 1.77. The summed E-state index contributed by atoms with van der Waals surface area (Å²) in [5, 5.41) is 3.44. The van der Waals surface area contributed by atoms with Crippen LogP contribution in [0.4, 0.5) is 5.69 Å². The van der Waals surface area contributed by atoms with Crippen LogP contribution in [0.15, 0.2) is 30.3 Å². The van der Waals surface area contributed by atoms with E-state index < -0.39 is 0 Å². The molecule has 1 aliphatic heterocycles. The Labute approximate surface area is 91.7 Å². The van der Waals surface area contributed by atoms with Crippen molar-refractivity contribution in [1.82, 2.24) is 9.80 Å². The first-order valence-electron chi connectivity index (χ1n) is 5.54. The van der Waals surface area contributed by atoms with Crippen molar-refractivity contribution in [3.63, 3.8) is 0 Å². The molecule has 0 bridgehead atoms. The molecule has 0 atom stereocenters.